The molecule has 1 atom stereocenters. The Morgan fingerprint density at radius 1 is 1.54 bits per heavy atom. The van der Waals surface area contributed by atoms with Crippen LogP contribution in [0.5, 0.6) is 0 Å². The molecule has 0 saturated carbocycles. The van der Waals surface area contributed by atoms with Crippen LogP contribution in [0.15, 0.2) is 12.4 Å². The molecule has 3 heteroatoms. The van der Waals surface area contributed by atoms with Gasteiger partial charge in [0.15, 0.2) is 6.10 Å². The maximum atomic E-state index is 9.86. The molecule has 0 amide bonds. The molecule has 0 radical (unpaired) electrons. The third-order valence-electron chi connectivity index (χ3n) is 2.33. The van der Waals surface area contributed by atoms with Gasteiger partial charge < -0.3 is 5.11 Å². The van der Waals surface area contributed by atoms with Crippen LogP contribution in [0.25, 0.3) is 0 Å². The second kappa shape index (κ2) is 4.42. The zero-order chi connectivity index (χ0) is 9.84. The van der Waals surface area contributed by atoms with E-state index in [0.717, 1.165) is 25.2 Å². The number of rotatable bonds is 4. The molecule has 0 spiro atoms. The molecule has 1 rings (SSSR count). The number of nitrogens with zero attached hydrogens (tertiary/aromatic N) is 2. The fraction of sp³-hybridized carbons (Fsp3) is 0.700. The molecule has 1 unspecified atom stereocenters. The predicted molar refractivity (Wildman–Crippen MR) is 51.1 cm³/mol. The van der Waals surface area contributed by atoms with E-state index >= 15 is 0 Å². The lowest BCUT2D eigenvalue weighted by molar-refractivity contribution is -0.682. The molecular formula is C10H19N2O+. The van der Waals surface area contributed by atoms with Crippen molar-refractivity contribution in [2.24, 2.45) is 7.05 Å². The van der Waals surface area contributed by atoms with E-state index in [4.69, 9.17) is 0 Å². The normalized spacial score (nSPS) is 13.2. The van der Waals surface area contributed by atoms with Crippen molar-refractivity contribution in [3.05, 3.63) is 18.2 Å². The second-order valence-corrected chi connectivity index (χ2v) is 3.36. The van der Waals surface area contributed by atoms with Gasteiger partial charge in [-0.2, -0.15) is 0 Å². The van der Waals surface area contributed by atoms with Crippen molar-refractivity contribution in [3.8, 4) is 0 Å². The lowest BCUT2D eigenvalue weighted by Crippen LogP contribution is -2.34. The minimum absolute atomic E-state index is 0.329. The first-order valence-electron chi connectivity index (χ1n) is 4.93. The van der Waals surface area contributed by atoms with E-state index in [-0.39, 0.29) is 6.10 Å². The number of aliphatic hydroxyl groups is 1. The Balaban J connectivity index is 2.89. The minimum Gasteiger partial charge on any atom is -0.380 e. The number of imidazole rings is 1. The summed E-state index contributed by atoms with van der Waals surface area (Å²) in [6.07, 6.45) is 5.50. The summed E-state index contributed by atoms with van der Waals surface area (Å²) < 4.78 is 4.07. The van der Waals surface area contributed by atoms with E-state index in [2.05, 4.69) is 18.4 Å². The molecule has 1 N–H and O–H groups in total. The van der Waals surface area contributed by atoms with Crippen molar-refractivity contribution in [2.45, 2.75) is 39.3 Å². The average Bonchev–Trinajstić information content (AvgIpc) is 2.47. The number of aliphatic hydroxyl groups excluding tert-OH is 1. The van der Waals surface area contributed by atoms with Crippen LogP contribution in [0.2, 0.25) is 0 Å². The molecule has 0 saturated heterocycles. The Bertz CT molecular complexity index is 268. The van der Waals surface area contributed by atoms with Gasteiger partial charge in [0.05, 0.1) is 13.6 Å². The van der Waals surface area contributed by atoms with Crippen LogP contribution in [0.3, 0.4) is 0 Å². The maximum Gasteiger partial charge on any atom is 0.285 e. The number of aryl methyl sites for hydroxylation is 2. The van der Waals surface area contributed by atoms with Crippen LogP contribution >= 0.6 is 0 Å². The molecular weight excluding hydrogens is 164 g/mol. The van der Waals surface area contributed by atoms with E-state index < -0.39 is 0 Å². The van der Waals surface area contributed by atoms with Gasteiger partial charge in [0.25, 0.3) is 5.82 Å². The zero-order valence-electron chi connectivity index (χ0n) is 8.70. The molecule has 1 aromatic heterocycles. The molecule has 0 aromatic carbocycles. The largest absolute Gasteiger partial charge is 0.380 e. The average molecular weight is 183 g/mol. The summed E-state index contributed by atoms with van der Waals surface area (Å²) in [4.78, 5) is 0. The van der Waals surface area contributed by atoms with Crippen molar-refractivity contribution in [2.75, 3.05) is 0 Å². The Morgan fingerprint density at radius 3 is 2.77 bits per heavy atom. The van der Waals surface area contributed by atoms with Gasteiger partial charge in [-0.25, -0.2) is 9.13 Å². The van der Waals surface area contributed by atoms with Crippen LogP contribution < -0.4 is 4.57 Å². The lowest BCUT2D eigenvalue weighted by Gasteiger charge is -2.06. The Hall–Kier alpha value is -0.830. The second-order valence-electron chi connectivity index (χ2n) is 3.36. The first kappa shape index (κ1) is 10.3. The van der Waals surface area contributed by atoms with E-state index in [1.807, 2.05) is 24.0 Å². The Kier molecular flexibility index (Phi) is 3.48. The monoisotopic (exact) mass is 183 g/mol. The van der Waals surface area contributed by atoms with Gasteiger partial charge in [0.1, 0.15) is 12.4 Å². The highest BCUT2D eigenvalue weighted by Gasteiger charge is 2.21. The predicted octanol–water partition coefficient (Wildman–Crippen LogP) is 1.17. The van der Waals surface area contributed by atoms with Crippen LogP contribution in [0.1, 0.15) is 38.6 Å². The van der Waals surface area contributed by atoms with Crippen LogP contribution in [-0.4, -0.2) is 9.67 Å². The summed E-state index contributed by atoms with van der Waals surface area (Å²) in [5.41, 5.74) is 0. The van der Waals surface area contributed by atoms with Crippen molar-refractivity contribution in [1.82, 2.24) is 4.57 Å². The van der Waals surface area contributed by atoms with Gasteiger partial charge in [0, 0.05) is 0 Å². The molecule has 3 nitrogen and oxygen atoms in total. The van der Waals surface area contributed by atoms with Crippen LogP contribution in [0.4, 0.5) is 0 Å². The summed E-state index contributed by atoms with van der Waals surface area (Å²) in [6, 6.07) is 0. The SMILES string of the molecule is CCCC(O)c1n(CC)cc[n+]1C. The van der Waals surface area contributed by atoms with Crippen molar-refractivity contribution in [1.29, 1.82) is 0 Å². The van der Waals surface area contributed by atoms with Gasteiger partial charge in [-0.05, 0) is 13.3 Å². The summed E-state index contributed by atoms with van der Waals surface area (Å²) >= 11 is 0. The van der Waals surface area contributed by atoms with E-state index in [9.17, 15) is 5.11 Å². The first-order chi connectivity index (χ1) is 6.20. The van der Waals surface area contributed by atoms with E-state index in [1.165, 1.54) is 0 Å². The molecule has 0 fully saturated rings. The number of hydrogen-bond acceptors (Lipinski definition) is 1. The minimum atomic E-state index is -0.329. The third-order valence-corrected chi connectivity index (χ3v) is 2.33. The van der Waals surface area contributed by atoms with Gasteiger partial charge in [-0.3, -0.25) is 0 Å². The van der Waals surface area contributed by atoms with Crippen molar-refractivity contribution in [3.63, 3.8) is 0 Å². The number of aromatic nitrogens is 2. The Labute approximate surface area is 79.6 Å². The summed E-state index contributed by atoms with van der Waals surface area (Å²) in [5, 5.41) is 9.86. The highest BCUT2D eigenvalue weighted by molar-refractivity contribution is 4.87. The van der Waals surface area contributed by atoms with Gasteiger partial charge in [-0.15, -0.1) is 0 Å². The molecule has 0 bridgehead atoms. The highest BCUT2D eigenvalue weighted by atomic mass is 16.3. The van der Waals surface area contributed by atoms with Crippen LogP contribution in [0, 0.1) is 0 Å². The first-order valence-corrected chi connectivity index (χ1v) is 4.93. The molecule has 0 aliphatic heterocycles. The maximum absolute atomic E-state index is 9.86. The molecule has 1 heterocycles. The summed E-state index contributed by atoms with van der Waals surface area (Å²) in [5.74, 6) is 1.00. The van der Waals surface area contributed by atoms with Gasteiger partial charge >= 0.3 is 0 Å². The lowest BCUT2D eigenvalue weighted by atomic mass is 10.2. The smallest absolute Gasteiger partial charge is 0.285 e. The standard InChI is InChI=1S/C10H19N2O/c1-4-6-9(13)10-11(3)7-8-12(10)5-2/h7-9,13H,4-6H2,1-3H3/q+1. The molecule has 0 aliphatic carbocycles. The van der Waals surface area contributed by atoms with Crippen molar-refractivity contribution >= 4 is 0 Å². The molecule has 0 aliphatic rings. The van der Waals surface area contributed by atoms with E-state index in [1.54, 1.807) is 0 Å². The third kappa shape index (κ3) is 2.10. The van der Waals surface area contributed by atoms with E-state index in [0.29, 0.717) is 0 Å². The van der Waals surface area contributed by atoms with Gasteiger partial charge in [-0.1, -0.05) is 13.3 Å². The van der Waals surface area contributed by atoms with Crippen LogP contribution in [-0.2, 0) is 13.6 Å². The van der Waals surface area contributed by atoms with Gasteiger partial charge in [0.2, 0.25) is 0 Å². The summed E-state index contributed by atoms with van der Waals surface area (Å²) in [7, 11) is 1.97. The quantitative estimate of drug-likeness (QED) is 0.697. The summed E-state index contributed by atoms with van der Waals surface area (Å²) in [6.45, 7) is 5.08. The highest BCUT2D eigenvalue weighted by Crippen LogP contribution is 2.14. The fourth-order valence-electron chi connectivity index (χ4n) is 1.63. The number of hydrogen-bond donors (Lipinski definition) is 1. The molecule has 1 aromatic rings. The molecule has 13 heavy (non-hydrogen) atoms. The molecule has 74 valence electrons. The van der Waals surface area contributed by atoms with Crippen molar-refractivity contribution < 1.29 is 9.67 Å². The fourth-order valence-corrected chi connectivity index (χ4v) is 1.63. The topological polar surface area (TPSA) is 29.0 Å². The Morgan fingerprint density at radius 2 is 2.23 bits per heavy atom. The zero-order valence-corrected chi connectivity index (χ0v) is 8.70.